The lowest BCUT2D eigenvalue weighted by atomic mass is 10.0. The van der Waals surface area contributed by atoms with E-state index in [-0.39, 0.29) is 18.4 Å². The maximum absolute atomic E-state index is 11.6. The number of carbonyl (C=O) groups excluding carboxylic acids is 1. The summed E-state index contributed by atoms with van der Waals surface area (Å²) >= 11 is 6.12. The Hall–Kier alpha value is -1.26. The van der Waals surface area contributed by atoms with E-state index in [9.17, 15) is 4.79 Å². The highest BCUT2D eigenvalue weighted by molar-refractivity contribution is 6.31. The Balaban J connectivity index is 2.82. The Kier molecular flexibility index (Phi) is 5.63. The summed E-state index contributed by atoms with van der Waals surface area (Å²) in [6, 6.07) is 3.78. The van der Waals surface area contributed by atoms with Crippen LogP contribution in [-0.2, 0) is 4.79 Å². The van der Waals surface area contributed by atoms with Crippen LogP contribution in [0, 0.1) is 6.92 Å². The third-order valence-corrected chi connectivity index (χ3v) is 3.03. The van der Waals surface area contributed by atoms with E-state index >= 15 is 0 Å². The smallest absolute Gasteiger partial charge is 0.272 e. The van der Waals surface area contributed by atoms with Crippen LogP contribution in [0.3, 0.4) is 0 Å². The first-order valence-electron chi connectivity index (χ1n) is 6.21. The summed E-state index contributed by atoms with van der Waals surface area (Å²) in [5, 5.41) is 2.30. The molecule has 0 aliphatic rings. The summed E-state index contributed by atoms with van der Waals surface area (Å²) in [5.74, 6) is 0.808. The molecule has 1 N–H and O–H groups in total. The molecule has 0 aliphatic heterocycles. The van der Waals surface area contributed by atoms with E-state index in [1.54, 1.807) is 19.1 Å². The van der Waals surface area contributed by atoms with Crippen molar-refractivity contribution < 1.29 is 9.53 Å². The van der Waals surface area contributed by atoms with Gasteiger partial charge in [0.05, 0.1) is 0 Å². The lowest BCUT2D eigenvalue weighted by molar-refractivity contribution is -0.126. The van der Waals surface area contributed by atoms with Gasteiger partial charge < -0.3 is 4.74 Å². The standard InChI is InChI=1S/C14H21ClN2O2/c1-9(2)11-7-12(15)10(3)6-13(11)19-8-14(18)16-17(4)5/h6-7,9H,8H2,1-5H3,(H,16,18). The highest BCUT2D eigenvalue weighted by Gasteiger charge is 2.12. The van der Waals surface area contributed by atoms with Gasteiger partial charge in [0.15, 0.2) is 6.61 Å². The molecule has 0 unspecified atom stereocenters. The van der Waals surface area contributed by atoms with Crippen LogP contribution in [-0.4, -0.2) is 31.6 Å². The molecule has 4 nitrogen and oxygen atoms in total. The van der Waals surface area contributed by atoms with Gasteiger partial charge in [-0.2, -0.15) is 0 Å². The van der Waals surface area contributed by atoms with Gasteiger partial charge in [-0.15, -0.1) is 0 Å². The van der Waals surface area contributed by atoms with Crippen molar-refractivity contribution in [3.05, 3.63) is 28.3 Å². The van der Waals surface area contributed by atoms with Crippen molar-refractivity contribution in [1.29, 1.82) is 0 Å². The quantitative estimate of drug-likeness (QED) is 0.846. The second kappa shape index (κ2) is 6.78. The molecule has 0 saturated carbocycles. The van der Waals surface area contributed by atoms with Crippen molar-refractivity contribution in [2.45, 2.75) is 26.7 Å². The average Bonchev–Trinajstić information content (AvgIpc) is 2.29. The number of carbonyl (C=O) groups is 1. The second-order valence-corrected chi connectivity index (χ2v) is 5.42. The Morgan fingerprint density at radius 1 is 1.42 bits per heavy atom. The minimum Gasteiger partial charge on any atom is -0.483 e. The zero-order chi connectivity index (χ0) is 14.6. The zero-order valence-corrected chi connectivity index (χ0v) is 12.8. The molecule has 0 bridgehead atoms. The molecular weight excluding hydrogens is 264 g/mol. The molecule has 5 heteroatoms. The molecule has 1 aromatic rings. The van der Waals surface area contributed by atoms with E-state index in [0.29, 0.717) is 10.8 Å². The molecule has 0 aromatic heterocycles. The van der Waals surface area contributed by atoms with Crippen LogP contribution >= 0.6 is 11.6 Å². The Morgan fingerprint density at radius 3 is 2.58 bits per heavy atom. The number of ether oxygens (including phenoxy) is 1. The average molecular weight is 285 g/mol. The second-order valence-electron chi connectivity index (χ2n) is 5.01. The third kappa shape index (κ3) is 4.73. The molecule has 19 heavy (non-hydrogen) atoms. The minimum atomic E-state index is -0.188. The van der Waals surface area contributed by atoms with Gasteiger partial charge in [0.2, 0.25) is 0 Å². The van der Waals surface area contributed by atoms with E-state index in [4.69, 9.17) is 16.3 Å². The fraction of sp³-hybridized carbons (Fsp3) is 0.500. The number of hydrazine groups is 1. The molecule has 1 rings (SSSR count). The number of aryl methyl sites for hydroxylation is 1. The lowest BCUT2D eigenvalue weighted by Gasteiger charge is -2.17. The molecule has 0 atom stereocenters. The summed E-state index contributed by atoms with van der Waals surface area (Å²) in [5.41, 5.74) is 4.58. The number of nitrogens with zero attached hydrogens (tertiary/aromatic N) is 1. The summed E-state index contributed by atoms with van der Waals surface area (Å²) in [7, 11) is 3.51. The Morgan fingerprint density at radius 2 is 2.05 bits per heavy atom. The predicted octanol–water partition coefficient (Wildman–Crippen LogP) is 2.74. The van der Waals surface area contributed by atoms with Crippen LogP contribution in [0.15, 0.2) is 12.1 Å². The van der Waals surface area contributed by atoms with Crippen molar-refractivity contribution >= 4 is 17.5 Å². The van der Waals surface area contributed by atoms with Crippen molar-refractivity contribution in [3.63, 3.8) is 0 Å². The summed E-state index contributed by atoms with van der Waals surface area (Å²) in [6.07, 6.45) is 0. The number of hydrogen-bond acceptors (Lipinski definition) is 3. The number of amides is 1. The Labute approximate surface area is 119 Å². The summed E-state index contributed by atoms with van der Waals surface area (Å²) < 4.78 is 5.60. The SMILES string of the molecule is Cc1cc(OCC(=O)NN(C)C)c(C(C)C)cc1Cl. The van der Waals surface area contributed by atoms with E-state index in [1.807, 2.05) is 19.1 Å². The van der Waals surface area contributed by atoms with Crippen LogP contribution in [0.4, 0.5) is 0 Å². The maximum Gasteiger partial charge on any atom is 0.272 e. The van der Waals surface area contributed by atoms with E-state index in [1.165, 1.54) is 0 Å². The van der Waals surface area contributed by atoms with E-state index < -0.39 is 0 Å². The number of benzene rings is 1. The van der Waals surface area contributed by atoms with Gasteiger partial charge in [-0.05, 0) is 36.1 Å². The van der Waals surface area contributed by atoms with Crippen molar-refractivity contribution in [2.75, 3.05) is 20.7 Å². The molecule has 1 amide bonds. The third-order valence-electron chi connectivity index (χ3n) is 2.62. The molecule has 0 saturated heterocycles. The van der Waals surface area contributed by atoms with Crippen LogP contribution < -0.4 is 10.2 Å². The van der Waals surface area contributed by atoms with Gasteiger partial charge in [0.1, 0.15) is 5.75 Å². The summed E-state index contributed by atoms with van der Waals surface area (Å²) in [6.45, 7) is 6.03. The lowest BCUT2D eigenvalue weighted by Crippen LogP contribution is -2.39. The largest absolute Gasteiger partial charge is 0.483 e. The van der Waals surface area contributed by atoms with Gasteiger partial charge in [0, 0.05) is 19.1 Å². The highest BCUT2D eigenvalue weighted by atomic mass is 35.5. The molecule has 0 radical (unpaired) electrons. The van der Waals surface area contributed by atoms with Crippen molar-refractivity contribution in [3.8, 4) is 5.75 Å². The highest BCUT2D eigenvalue weighted by Crippen LogP contribution is 2.31. The van der Waals surface area contributed by atoms with Crippen LogP contribution in [0.25, 0.3) is 0 Å². The monoisotopic (exact) mass is 284 g/mol. The minimum absolute atomic E-state index is 0.0149. The van der Waals surface area contributed by atoms with Crippen molar-refractivity contribution in [1.82, 2.24) is 10.4 Å². The fourth-order valence-corrected chi connectivity index (χ4v) is 1.84. The normalized spacial score (nSPS) is 10.9. The van der Waals surface area contributed by atoms with Crippen LogP contribution in [0.1, 0.15) is 30.9 Å². The Bertz CT molecular complexity index is 459. The topological polar surface area (TPSA) is 41.6 Å². The molecule has 106 valence electrons. The molecule has 1 aromatic carbocycles. The number of hydrogen-bond donors (Lipinski definition) is 1. The molecule has 0 aliphatic carbocycles. The number of rotatable bonds is 5. The summed E-state index contributed by atoms with van der Waals surface area (Å²) in [4.78, 5) is 11.6. The van der Waals surface area contributed by atoms with Crippen LogP contribution in [0.2, 0.25) is 5.02 Å². The van der Waals surface area contributed by atoms with Crippen LogP contribution in [0.5, 0.6) is 5.75 Å². The van der Waals surface area contributed by atoms with Crippen molar-refractivity contribution in [2.24, 2.45) is 0 Å². The van der Waals surface area contributed by atoms with Gasteiger partial charge in [0.25, 0.3) is 5.91 Å². The zero-order valence-electron chi connectivity index (χ0n) is 12.1. The molecule has 0 spiro atoms. The molecular formula is C14H21ClN2O2. The number of nitrogens with one attached hydrogen (secondary N) is 1. The van der Waals surface area contributed by atoms with Gasteiger partial charge in [-0.3, -0.25) is 10.2 Å². The van der Waals surface area contributed by atoms with Gasteiger partial charge in [-0.1, -0.05) is 25.4 Å². The van der Waals surface area contributed by atoms with Gasteiger partial charge >= 0.3 is 0 Å². The first kappa shape index (κ1) is 15.8. The molecule has 0 fully saturated rings. The fourth-order valence-electron chi connectivity index (χ4n) is 1.67. The number of halogens is 1. The van der Waals surface area contributed by atoms with E-state index in [0.717, 1.165) is 11.1 Å². The molecule has 0 heterocycles. The first-order valence-corrected chi connectivity index (χ1v) is 6.58. The predicted molar refractivity (Wildman–Crippen MR) is 77.6 cm³/mol. The maximum atomic E-state index is 11.6. The first-order chi connectivity index (χ1) is 8.81. The van der Waals surface area contributed by atoms with E-state index in [2.05, 4.69) is 19.3 Å². The van der Waals surface area contributed by atoms with Gasteiger partial charge in [-0.25, -0.2) is 5.01 Å².